The minimum absolute atomic E-state index is 0.0510. The lowest BCUT2D eigenvalue weighted by atomic mass is 9.88. The molecular formula is C31H33N3O4. The summed E-state index contributed by atoms with van der Waals surface area (Å²) in [6.07, 6.45) is 1.53. The molecule has 0 spiro atoms. The standard InChI is InChI=1S/C31H33N3O4/c1-36-28-11-7-6-10-24(28)20-33-19-23-9-5-4-8-21(23)16-27(33)31(35)34-15-13-22-17-29(37-2)30(38-3)18-25(22)26(34)12-14-32/h4-11,17-18,26-27H,12-13,15-16,19-20H2,1-3H3/t26?,27-/m0/s1. The van der Waals surface area contributed by atoms with Gasteiger partial charge in [-0.25, -0.2) is 0 Å². The second kappa shape index (κ2) is 11.2. The molecule has 38 heavy (non-hydrogen) atoms. The molecule has 7 heteroatoms. The van der Waals surface area contributed by atoms with Crippen LogP contribution in [0.1, 0.15) is 40.3 Å². The van der Waals surface area contributed by atoms with Crippen molar-refractivity contribution in [2.45, 2.75) is 44.4 Å². The van der Waals surface area contributed by atoms with E-state index >= 15 is 0 Å². The van der Waals surface area contributed by atoms with E-state index in [0.717, 1.165) is 22.4 Å². The summed E-state index contributed by atoms with van der Waals surface area (Å²) in [5.74, 6) is 2.13. The minimum atomic E-state index is -0.349. The molecule has 3 aromatic carbocycles. The zero-order valence-electron chi connectivity index (χ0n) is 22.1. The SMILES string of the molecule is COc1ccccc1CN1Cc2ccccc2C[C@H]1C(=O)N1CCc2cc(OC)c(OC)cc2C1CC#N. The topological polar surface area (TPSA) is 75.0 Å². The highest BCUT2D eigenvalue weighted by Gasteiger charge is 2.39. The van der Waals surface area contributed by atoms with Crippen molar-refractivity contribution in [1.29, 1.82) is 5.26 Å². The third-order valence-electron chi connectivity index (χ3n) is 7.77. The lowest BCUT2D eigenvalue weighted by molar-refractivity contribution is -0.141. The van der Waals surface area contributed by atoms with Crippen LogP contribution in [-0.4, -0.2) is 49.6 Å². The summed E-state index contributed by atoms with van der Waals surface area (Å²) in [5.41, 5.74) is 5.52. The molecule has 2 aliphatic rings. The molecule has 0 saturated carbocycles. The van der Waals surface area contributed by atoms with Gasteiger partial charge < -0.3 is 19.1 Å². The lowest BCUT2D eigenvalue weighted by Crippen LogP contribution is -2.53. The molecule has 1 amide bonds. The molecule has 3 aromatic rings. The van der Waals surface area contributed by atoms with E-state index in [2.05, 4.69) is 35.2 Å². The number of ether oxygens (including phenoxy) is 3. The van der Waals surface area contributed by atoms with Crippen molar-refractivity contribution in [3.8, 4) is 23.3 Å². The highest BCUT2D eigenvalue weighted by atomic mass is 16.5. The highest BCUT2D eigenvalue weighted by molar-refractivity contribution is 5.83. The predicted molar refractivity (Wildman–Crippen MR) is 144 cm³/mol. The number of nitrogens with zero attached hydrogens (tertiary/aromatic N) is 3. The van der Waals surface area contributed by atoms with Crippen LogP contribution in [0.2, 0.25) is 0 Å². The number of hydrogen-bond donors (Lipinski definition) is 0. The number of carbonyl (C=O) groups is 1. The Bertz CT molecular complexity index is 1370. The molecular weight excluding hydrogens is 478 g/mol. The van der Waals surface area contributed by atoms with Crippen molar-refractivity contribution in [2.75, 3.05) is 27.9 Å². The third kappa shape index (κ3) is 4.80. The largest absolute Gasteiger partial charge is 0.496 e. The van der Waals surface area contributed by atoms with Crippen LogP contribution in [0.4, 0.5) is 0 Å². The predicted octanol–water partition coefficient (Wildman–Crippen LogP) is 4.68. The molecule has 0 fully saturated rings. The fourth-order valence-electron chi connectivity index (χ4n) is 5.83. The first-order chi connectivity index (χ1) is 18.6. The summed E-state index contributed by atoms with van der Waals surface area (Å²) in [6.45, 7) is 1.81. The van der Waals surface area contributed by atoms with Gasteiger partial charge in [-0.1, -0.05) is 42.5 Å². The maximum absolute atomic E-state index is 14.4. The van der Waals surface area contributed by atoms with Gasteiger partial charge in [-0.15, -0.1) is 0 Å². The lowest BCUT2D eigenvalue weighted by Gasteiger charge is -2.43. The molecule has 0 aliphatic carbocycles. The van der Waals surface area contributed by atoms with Crippen molar-refractivity contribution < 1.29 is 19.0 Å². The van der Waals surface area contributed by atoms with Crippen LogP contribution in [0.3, 0.4) is 0 Å². The summed E-state index contributed by atoms with van der Waals surface area (Å²) >= 11 is 0. The first-order valence-electron chi connectivity index (χ1n) is 12.9. The Labute approximate surface area is 224 Å². The van der Waals surface area contributed by atoms with Gasteiger partial charge in [0.1, 0.15) is 5.75 Å². The molecule has 2 atom stereocenters. The third-order valence-corrected chi connectivity index (χ3v) is 7.77. The second-order valence-corrected chi connectivity index (χ2v) is 9.77. The van der Waals surface area contributed by atoms with E-state index in [1.165, 1.54) is 11.1 Å². The number of carbonyl (C=O) groups excluding carboxylic acids is 1. The van der Waals surface area contributed by atoms with Gasteiger partial charge >= 0.3 is 0 Å². The van der Waals surface area contributed by atoms with Gasteiger partial charge in [-0.05, 0) is 53.3 Å². The average Bonchev–Trinajstić information content (AvgIpc) is 2.96. The number of rotatable bonds is 7. The Morgan fingerprint density at radius 3 is 2.34 bits per heavy atom. The second-order valence-electron chi connectivity index (χ2n) is 9.77. The summed E-state index contributed by atoms with van der Waals surface area (Å²) in [4.78, 5) is 18.5. The van der Waals surface area contributed by atoms with Crippen LogP contribution in [0.15, 0.2) is 60.7 Å². The Balaban J connectivity index is 1.50. The number of para-hydroxylation sites is 1. The quantitative estimate of drug-likeness (QED) is 0.459. The van der Waals surface area contributed by atoms with Gasteiger partial charge in [0.15, 0.2) is 11.5 Å². The maximum atomic E-state index is 14.4. The van der Waals surface area contributed by atoms with Crippen molar-refractivity contribution >= 4 is 5.91 Å². The first kappa shape index (κ1) is 25.6. The van der Waals surface area contributed by atoms with Crippen molar-refractivity contribution in [3.63, 3.8) is 0 Å². The van der Waals surface area contributed by atoms with Crippen LogP contribution in [-0.2, 0) is 30.7 Å². The summed E-state index contributed by atoms with van der Waals surface area (Å²) in [6, 6.07) is 21.8. The van der Waals surface area contributed by atoms with Crippen molar-refractivity contribution in [3.05, 3.63) is 88.5 Å². The van der Waals surface area contributed by atoms with Crippen LogP contribution in [0.5, 0.6) is 17.2 Å². The fourth-order valence-corrected chi connectivity index (χ4v) is 5.83. The van der Waals surface area contributed by atoms with E-state index in [4.69, 9.17) is 14.2 Å². The molecule has 1 unspecified atom stereocenters. The van der Waals surface area contributed by atoms with Gasteiger partial charge in [0.2, 0.25) is 5.91 Å². The molecule has 0 saturated heterocycles. The van der Waals surface area contributed by atoms with E-state index < -0.39 is 0 Å². The molecule has 7 nitrogen and oxygen atoms in total. The van der Waals surface area contributed by atoms with Crippen molar-refractivity contribution in [1.82, 2.24) is 9.80 Å². The summed E-state index contributed by atoms with van der Waals surface area (Å²) < 4.78 is 16.7. The van der Waals surface area contributed by atoms with Crippen LogP contribution >= 0.6 is 0 Å². The van der Waals surface area contributed by atoms with Gasteiger partial charge in [0.25, 0.3) is 0 Å². The highest BCUT2D eigenvalue weighted by Crippen LogP contribution is 2.40. The Hall–Kier alpha value is -4.02. The zero-order valence-corrected chi connectivity index (χ0v) is 22.1. The smallest absolute Gasteiger partial charge is 0.240 e. The van der Waals surface area contributed by atoms with E-state index in [-0.39, 0.29) is 24.4 Å². The molecule has 2 aliphatic heterocycles. The molecule has 5 rings (SSSR count). The van der Waals surface area contributed by atoms with Crippen LogP contribution in [0, 0.1) is 11.3 Å². The van der Waals surface area contributed by atoms with E-state index in [1.807, 2.05) is 41.3 Å². The summed E-state index contributed by atoms with van der Waals surface area (Å²) in [7, 11) is 4.89. The average molecular weight is 512 g/mol. The number of benzene rings is 3. The molecule has 196 valence electrons. The van der Waals surface area contributed by atoms with Crippen molar-refractivity contribution in [2.24, 2.45) is 0 Å². The fraction of sp³-hybridized carbons (Fsp3) is 0.355. The van der Waals surface area contributed by atoms with Crippen LogP contribution in [0.25, 0.3) is 0 Å². The van der Waals surface area contributed by atoms with Gasteiger partial charge in [-0.3, -0.25) is 9.69 Å². The first-order valence-corrected chi connectivity index (χ1v) is 12.9. The Kier molecular flexibility index (Phi) is 7.52. The number of amides is 1. The number of fused-ring (bicyclic) bond motifs is 2. The Morgan fingerprint density at radius 2 is 1.61 bits per heavy atom. The maximum Gasteiger partial charge on any atom is 0.240 e. The molecule has 0 bridgehead atoms. The normalized spacial score (nSPS) is 18.6. The van der Waals surface area contributed by atoms with E-state index in [0.29, 0.717) is 44.0 Å². The van der Waals surface area contributed by atoms with Crippen LogP contribution < -0.4 is 14.2 Å². The molecule has 0 aromatic heterocycles. The Morgan fingerprint density at radius 1 is 0.921 bits per heavy atom. The number of methoxy groups -OCH3 is 3. The van der Waals surface area contributed by atoms with Gasteiger partial charge in [0, 0.05) is 25.2 Å². The summed E-state index contributed by atoms with van der Waals surface area (Å²) in [5, 5.41) is 9.75. The molecule has 0 N–H and O–H groups in total. The van der Waals surface area contributed by atoms with Gasteiger partial charge in [0.05, 0.1) is 45.9 Å². The number of hydrogen-bond acceptors (Lipinski definition) is 6. The van der Waals surface area contributed by atoms with E-state index in [1.54, 1.807) is 21.3 Å². The zero-order chi connectivity index (χ0) is 26.6. The number of nitriles is 1. The monoisotopic (exact) mass is 511 g/mol. The molecule has 2 heterocycles. The van der Waals surface area contributed by atoms with E-state index in [9.17, 15) is 10.1 Å². The van der Waals surface area contributed by atoms with Gasteiger partial charge in [-0.2, -0.15) is 5.26 Å². The molecule has 0 radical (unpaired) electrons. The minimum Gasteiger partial charge on any atom is -0.496 e.